The van der Waals surface area contributed by atoms with Crippen LogP contribution in [0.5, 0.6) is 0 Å². The Hall–Kier alpha value is -5.42. The van der Waals surface area contributed by atoms with Crippen LogP contribution in [0, 0.1) is 22.7 Å². The lowest BCUT2D eigenvalue weighted by Gasteiger charge is -2.33. The predicted octanol–water partition coefficient (Wildman–Crippen LogP) is 10.7. The molecule has 2 N–H and O–H groups in total. The van der Waals surface area contributed by atoms with Gasteiger partial charge in [0.15, 0.2) is 0 Å². The molecule has 0 amide bonds. The summed E-state index contributed by atoms with van der Waals surface area (Å²) in [6.45, 7) is 1.79. The van der Waals surface area contributed by atoms with E-state index in [1.807, 2.05) is 48.5 Å². The van der Waals surface area contributed by atoms with Gasteiger partial charge in [0.2, 0.25) is 0 Å². The predicted molar refractivity (Wildman–Crippen MR) is 207 cm³/mol. The number of unbranched alkanes of at least 4 members (excludes halogenated alkanes) is 7. The molecule has 0 saturated carbocycles. The molecule has 4 aromatic carbocycles. The van der Waals surface area contributed by atoms with Crippen LogP contribution in [-0.2, 0) is 9.59 Å². The van der Waals surface area contributed by atoms with Crippen LogP contribution < -0.4 is 9.80 Å². The molecular formula is C42H38N4O4S2. The van der Waals surface area contributed by atoms with Gasteiger partial charge in [-0.2, -0.15) is 10.5 Å². The van der Waals surface area contributed by atoms with Crippen LogP contribution in [0.15, 0.2) is 116 Å². The average molecular weight is 727 g/mol. The van der Waals surface area contributed by atoms with Crippen LogP contribution in [0.3, 0.4) is 0 Å². The zero-order chi connectivity index (χ0) is 36.5. The summed E-state index contributed by atoms with van der Waals surface area (Å²) in [4.78, 5) is 31.9. The Labute approximate surface area is 312 Å². The van der Waals surface area contributed by atoms with Crippen molar-refractivity contribution < 1.29 is 19.8 Å². The van der Waals surface area contributed by atoms with Crippen molar-refractivity contribution in [3.63, 3.8) is 0 Å². The fourth-order valence-electron chi connectivity index (χ4n) is 6.58. The summed E-state index contributed by atoms with van der Waals surface area (Å²) in [5.74, 6) is -2.45. The van der Waals surface area contributed by atoms with E-state index in [0.29, 0.717) is 11.1 Å². The van der Waals surface area contributed by atoms with Crippen molar-refractivity contribution >= 4 is 70.4 Å². The average Bonchev–Trinajstić information content (AvgIpc) is 3.15. The second-order valence-corrected chi connectivity index (χ2v) is 14.8. The van der Waals surface area contributed by atoms with E-state index in [1.54, 1.807) is 35.7 Å². The highest BCUT2D eigenvalue weighted by Gasteiger charge is 2.25. The van der Waals surface area contributed by atoms with Gasteiger partial charge in [-0.05, 0) is 84.7 Å². The number of carbonyl (C=O) groups is 2. The first-order chi connectivity index (χ1) is 25.4. The number of anilines is 4. The standard InChI is InChI=1S/C42H38N4O4S2/c43-27-31(41(47)48)23-29-17-19-35-39(25-29)51-37-15-9-7-13-33(37)45(35)21-11-5-3-1-2-4-6-12-22-46-34-14-8-10-16-38(34)52-40-26-30(18-20-36(40)46)24-32(28-44)42(49)50/h7-10,13-20,23-26H,1-6,11-12,21-22H2,(H,47,48)(H,49,50)/b31-23-,32-24-. The summed E-state index contributed by atoms with van der Waals surface area (Å²) in [5, 5.41) is 37.0. The van der Waals surface area contributed by atoms with Gasteiger partial charge in [-0.3, -0.25) is 0 Å². The molecule has 2 aliphatic heterocycles. The van der Waals surface area contributed by atoms with E-state index in [2.05, 4.69) is 46.2 Å². The Kier molecular flexibility index (Phi) is 12.0. The van der Waals surface area contributed by atoms with E-state index < -0.39 is 11.9 Å². The highest BCUT2D eigenvalue weighted by Crippen LogP contribution is 2.50. The van der Waals surface area contributed by atoms with Crippen LogP contribution in [0.2, 0.25) is 0 Å². The van der Waals surface area contributed by atoms with Crippen LogP contribution in [0.4, 0.5) is 22.7 Å². The molecule has 0 fully saturated rings. The number of fused-ring (bicyclic) bond motifs is 4. The maximum Gasteiger partial charge on any atom is 0.346 e. The maximum atomic E-state index is 11.4. The quantitative estimate of drug-likeness (QED) is 0.0693. The molecule has 0 bridgehead atoms. The number of benzene rings is 4. The molecule has 6 rings (SSSR count). The molecular weight excluding hydrogens is 689 g/mol. The van der Waals surface area contributed by atoms with Gasteiger partial charge in [0, 0.05) is 32.7 Å². The fourth-order valence-corrected chi connectivity index (χ4v) is 8.87. The number of aliphatic carboxylic acids is 2. The van der Waals surface area contributed by atoms with Gasteiger partial charge in [0.05, 0.1) is 22.7 Å². The molecule has 4 aromatic rings. The first kappa shape index (κ1) is 36.4. The monoisotopic (exact) mass is 726 g/mol. The molecule has 52 heavy (non-hydrogen) atoms. The van der Waals surface area contributed by atoms with E-state index in [0.717, 1.165) is 69.7 Å². The fraction of sp³-hybridized carbons (Fsp3) is 0.238. The highest BCUT2D eigenvalue weighted by atomic mass is 32.2. The van der Waals surface area contributed by atoms with Gasteiger partial charge in [-0.1, -0.05) is 98.4 Å². The number of hydrogen-bond donors (Lipinski definition) is 2. The first-order valence-corrected chi connectivity index (χ1v) is 19.1. The zero-order valence-electron chi connectivity index (χ0n) is 28.6. The summed E-state index contributed by atoms with van der Waals surface area (Å²) in [7, 11) is 0. The Morgan fingerprint density at radius 2 is 0.904 bits per heavy atom. The van der Waals surface area contributed by atoms with Crippen molar-refractivity contribution in [2.75, 3.05) is 22.9 Å². The molecule has 0 atom stereocenters. The minimum absolute atomic E-state index is 0.281. The number of carboxylic acid groups (broad SMARTS) is 2. The Morgan fingerprint density at radius 3 is 1.29 bits per heavy atom. The summed E-state index contributed by atoms with van der Waals surface area (Å²) in [6.07, 6.45) is 12.0. The molecule has 8 nitrogen and oxygen atoms in total. The Morgan fingerprint density at radius 1 is 0.538 bits per heavy atom. The molecule has 262 valence electrons. The van der Waals surface area contributed by atoms with Gasteiger partial charge >= 0.3 is 11.9 Å². The van der Waals surface area contributed by atoms with E-state index >= 15 is 0 Å². The van der Waals surface area contributed by atoms with E-state index in [1.165, 1.54) is 49.2 Å². The molecule has 0 saturated heterocycles. The van der Waals surface area contributed by atoms with Crippen molar-refractivity contribution in [3.8, 4) is 12.1 Å². The number of nitrogens with zero attached hydrogens (tertiary/aromatic N) is 4. The third kappa shape index (κ3) is 8.54. The minimum Gasteiger partial charge on any atom is -0.477 e. The smallest absolute Gasteiger partial charge is 0.346 e. The van der Waals surface area contributed by atoms with E-state index in [-0.39, 0.29) is 11.1 Å². The molecule has 2 heterocycles. The molecule has 0 spiro atoms. The lowest BCUT2D eigenvalue weighted by Crippen LogP contribution is -2.22. The third-order valence-corrected chi connectivity index (χ3v) is 11.4. The number of nitriles is 2. The van der Waals surface area contributed by atoms with Crippen LogP contribution in [-0.4, -0.2) is 35.2 Å². The van der Waals surface area contributed by atoms with Crippen LogP contribution in [0.1, 0.15) is 62.5 Å². The lowest BCUT2D eigenvalue weighted by molar-refractivity contribution is -0.133. The van der Waals surface area contributed by atoms with E-state index in [4.69, 9.17) is 0 Å². The lowest BCUT2D eigenvalue weighted by atomic mass is 10.1. The molecule has 0 aliphatic carbocycles. The third-order valence-electron chi connectivity index (χ3n) is 9.14. The summed E-state index contributed by atoms with van der Waals surface area (Å²) in [5.41, 5.74) is 5.43. The topological polar surface area (TPSA) is 129 Å². The Bertz CT molecular complexity index is 1980. The number of hydrogen-bond acceptors (Lipinski definition) is 8. The Balaban J connectivity index is 0.976. The van der Waals surface area contributed by atoms with Gasteiger partial charge in [-0.25, -0.2) is 9.59 Å². The second kappa shape index (κ2) is 17.2. The number of para-hydroxylation sites is 2. The molecule has 0 aromatic heterocycles. The van der Waals surface area contributed by atoms with Gasteiger partial charge in [0.1, 0.15) is 23.3 Å². The molecule has 0 radical (unpaired) electrons. The van der Waals surface area contributed by atoms with Crippen LogP contribution >= 0.6 is 23.5 Å². The van der Waals surface area contributed by atoms with Crippen molar-refractivity contribution in [1.29, 1.82) is 10.5 Å². The number of carboxylic acids is 2. The number of rotatable bonds is 15. The van der Waals surface area contributed by atoms with Crippen molar-refractivity contribution in [3.05, 3.63) is 107 Å². The highest BCUT2D eigenvalue weighted by molar-refractivity contribution is 8.00. The zero-order valence-corrected chi connectivity index (χ0v) is 30.3. The molecule has 2 aliphatic rings. The van der Waals surface area contributed by atoms with E-state index in [9.17, 15) is 30.3 Å². The SMILES string of the molecule is N#C/C(=C/c1ccc2c(c1)Sc1ccccc1N2CCCCCCCCCCN1c2ccccc2Sc2cc(/C=C(/C#N)C(=O)O)ccc21)C(=O)O. The van der Waals surface area contributed by atoms with Gasteiger partial charge < -0.3 is 20.0 Å². The van der Waals surface area contributed by atoms with Crippen molar-refractivity contribution in [1.82, 2.24) is 0 Å². The van der Waals surface area contributed by atoms with Gasteiger partial charge in [-0.15, -0.1) is 0 Å². The summed E-state index contributed by atoms with van der Waals surface area (Å²) in [6, 6.07) is 32.0. The summed E-state index contributed by atoms with van der Waals surface area (Å²) >= 11 is 3.34. The van der Waals surface area contributed by atoms with Crippen molar-refractivity contribution in [2.45, 2.75) is 70.9 Å². The molecule has 10 heteroatoms. The normalized spacial score (nSPS) is 13.3. The molecule has 0 unspecified atom stereocenters. The maximum absolute atomic E-state index is 11.4. The second-order valence-electron chi connectivity index (χ2n) is 12.7. The van der Waals surface area contributed by atoms with Crippen molar-refractivity contribution in [2.24, 2.45) is 0 Å². The first-order valence-electron chi connectivity index (χ1n) is 17.4. The largest absolute Gasteiger partial charge is 0.477 e. The summed E-state index contributed by atoms with van der Waals surface area (Å²) < 4.78 is 0. The van der Waals surface area contributed by atoms with Gasteiger partial charge in [0.25, 0.3) is 0 Å². The minimum atomic E-state index is -1.23. The van der Waals surface area contributed by atoms with Crippen LogP contribution in [0.25, 0.3) is 12.2 Å².